The van der Waals surface area contributed by atoms with Crippen molar-refractivity contribution in [3.63, 3.8) is 0 Å². The minimum absolute atomic E-state index is 0.116. The van der Waals surface area contributed by atoms with E-state index in [4.69, 9.17) is 25.8 Å². The molecule has 0 N–H and O–H groups in total. The number of rotatable bonds is 7. The van der Waals surface area contributed by atoms with E-state index in [2.05, 4.69) is 4.98 Å². The molecule has 31 heavy (non-hydrogen) atoms. The van der Waals surface area contributed by atoms with Gasteiger partial charge < -0.3 is 14.2 Å². The Morgan fingerprint density at radius 2 is 1.97 bits per heavy atom. The van der Waals surface area contributed by atoms with Gasteiger partial charge in [-0.3, -0.25) is 9.20 Å². The van der Waals surface area contributed by atoms with E-state index in [0.717, 1.165) is 5.56 Å². The molecule has 0 bridgehead atoms. The maximum atomic E-state index is 12.5. The molecule has 0 aliphatic heterocycles. The average Bonchev–Trinajstić information content (AvgIpc) is 3.26. The van der Waals surface area contributed by atoms with Crippen LogP contribution >= 0.6 is 22.9 Å². The molecule has 158 valence electrons. The number of fused-ring (bicyclic) bond motifs is 1. The lowest BCUT2D eigenvalue weighted by molar-refractivity contribution is 0.0467. The minimum atomic E-state index is -0.566. The molecule has 2 heterocycles. The summed E-state index contributed by atoms with van der Waals surface area (Å²) in [6, 6.07) is 13.5. The summed E-state index contributed by atoms with van der Waals surface area (Å²) in [5.74, 6) is 0.291. The number of carbonyl (C=O) groups is 1. The molecule has 4 aromatic rings. The van der Waals surface area contributed by atoms with Gasteiger partial charge in [-0.1, -0.05) is 29.8 Å². The number of carbonyl (C=O) groups excluding carboxylic acids is 1. The van der Waals surface area contributed by atoms with E-state index in [0.29, 0.717) is 27.2 Å². The predicted octanol–water partition coefficient (Wildman–Crippen LogP) is 4.35. The van der Waals surface area contributed by atoms with Crippen LogP contribution in [-0.2, 0) is 18.0 Å². The molecule has 0 saturated heterocycles. The van der Waals surface area contributed by atoms with Crippen molar-refractivity contribution in [2.75, 3.05) is 7.11 Å². The van der Waals surface area contributed by atoms with Gasteiger partial charge in [-0.15, -0.1) is 11.3 Å². The van der Waals surface area contributed by atoms with Crippen molar-refractivity contribution in [3.8, 4) is 11.5 Å². The van der Waals surface area contributed by atoms with E-state index in [1.165, 1.54) is 35.0 Å². The van der Waals surface area contributed by atoms with Crippen molar-refractivity contribution in [1.29, 1.82) is 0 Å². The fourth-order valence-electron chi connectivity index (χ4n) is 2.87. The summed E-state index contributed by atoms with van der Waals surface area (Å²) in [6.07, 6.45) is 1.65. The number of halogens is 1. The fraction of sp³-hybridized carbons (Fsp3) is 0.136. The number of thiazole rings is 1. The molecule has 0 fully saturated rings. The minimum Gasteiger partial charge on any atom is -0.493 e. The molecule has 2 aromatic heterocycles. The topological polar surface area (TPSA) is 79.1 Å². The first-order valence-corrected chi connectivity index (χ1v) is 10.5. The Hall–Kier alpha value is -3.36. The van der Waals surface area contributed by atoms with Gasteiger partial charge in [0.15, 0.2) is 16.5 Å². The van der Waals surface area contributed by atoms with E-state index >= 15 is 0 Å². The van der Waals surface area contributed by atoms with Crippen LogP contribution in [0.15, 0.2) is 64.9 Å². The summed E-state index contributed by atoms with van der Waals surface area (Å²) in [6.45, 7) is 0.141. The molecule has 2 aromatic carbocycles. The zero-order valence-corrected chi connectivity index (χ0v) is 18.0. The standard InChI is InChI=1S/C22H17ClN2O5S/c1-28-19-10-14(6-7-18(19)29-12-15-4-2-3-5-17(15)23)21(27)30-13-16-11-20(26)25-8-9-31-22(25)24-16/h2-11H,12-13H2,1H3. The van der Waals surface area contributed by atoms with E-state index in [9.17, 15) is 9.59 Å². The lowest BCUT2D eigenvalue weighted by Crippen LogP contribution is -2.14. The second-order valence-corrected chi connectivity index (χ2v) is 7.74. The third-order valence-corrected chi connectivity index (χ3v) is 5.57. The Balaban J connectivity index is 1.44. The monoisotopic (exact) mass is 456 g/mol. The number of hydrogen-bond acceptors (Lipinski definition) is 7. The highest BCUT2D eigenvalue weighted by Crippen LogP contribution is 2.30. The van der Waals surface area contributed by atoms with Crippen molar-refractivity contribution in [2.45, 2.75) is 13.2 Å². The highest BCUT2D eigenvalue weighted by atomic mass is 35.5. The number of benzene rings is 2. The SMILES string of the molecule is COc1cc(C(=O)OCc2cc(=O)n3ccsc3n2)ccc1OCc1ccccc1Cl. The molecular formula is C22H17ClN2O5S. The summed E-state index contributed by atoms with van der Waals surface area (Å²) < 4.78 is 17.9. The highest BCUT2D eigenvalue weighted by molar-refractivity contribution is 7.15. The van der Waals surface area contributed by atoms with Crippen molar-refractivity contribution in [3.05, 3.63) is 92.3 Å². The van der Waals surface area contributed by atoms with Gasteiger partial charge >= 0.3 is 5.97 Å². The lowest BCUT2D eigenvalue weighted by Gasteiger charge is -2.13. The van der Waals surface area contributed by atoms with Gasteiger partial charge in [0.25, 0.3) is 5.56 Å². The zero-order valence-electron chi connectivity index (χ0n) is 16.4. The van der Waals surface area contributed by atoms with Gasteiger partial charge in [0.2, 0.25) is 0 Å². The van der Waals surface area contributed by atoms with Crippen molar-refractivity contribution >= 4 is 33.9 Å². The molecule has 0 aliphatic carbocycles. The Kier molecular flexibility index (Phi) is 6.20. The van der Waals surface area contributed by atoms with Gasteiger partial charge in [-0.2, -0.15) is 0 Å². The summed E-state index contributed by atoms with van der Waals surface area (Å²) >= 11 is 7.48. The number of ether oxygens (including phenoxy) is 3. The van der Waals surface area contributed by atoms with E-state index < -0.39 is 5.97 Å². The molecule has 0 unspecified atom stereocenters. The van der Waals surface area contributed by atoms with E-state index in [1.807, 2.05) is 18.2 Å². The first kappa shape index (κ1) is 20.9. The molecule has 0 aliphatic rings. The van der Waals surface area contributed by atoms with Crippen molar-refractivity contribution in [1.82, 2.24) is 9.38 Å². The number of aromatic nitrogens is 2. The van der Waals surface area contributed by atoms with E-state index in [1.54, 1.807) is 29.8 Å². The van der Waals surface area contributed by atoms with Gasteiger partial charge in [-0.05, 0) is 24.3 Å². The third-order valence-electron chi connectivity index (χ3n) is 4.45. The van der Waals surface area contributed by atoms with Gasteiger partial charge in [0, 0.05) is 28.2 Å². The molecule has 0 radical (unpaired) electrons. The molecule has 0 saturated carbocycles. The second-order valence-electron chi connectivity index (χ2n) is 6.46. The highest BCUT2D eigenvalue weighted by Gasteiger charge is 2.14. The van der Waals surface area contributed by atoms with Crippen LogP contribution in [0.1, 0.15) is 21.6 Å². The van der Waals surface area contributed by atoms with Crippen LogP contribution in [0.3, 0.4) is 0 Å². The maximum Gasteiger partial charge on any atom is 0.338 e. The van der Waals surface area contributed by atoms with Crippen molar-refractivity contribution < 1.29 is 19.0 Å². The maximum absolute atomic E-state index is 12.5. The number of esters is 1. The third kappa shape index (κ3) is 4.70. The molecule has 0 spiro atoms. The smallest absolute Gasteiger partial charge is 0.338 e. The lowest BCUT2D eigenvalue weighted by atomic mass is 10.2. The van der Waals surface area contributed by atoms with Crippen LogP contribution in [-0.4, -0.2) is 22.5 Å². The molecule has 0 atom stereocenters. The zero-order chi connectivity index (χ0) is 21.8. The Morgan fingerprint density at radius 1 is 1.13 bits per heavy atom. The second kappa shape index (κ2) is 9.20. The number of nitrogens with zero attached hydrogens (tertiary/aromatic N) is 2. The largest absolute Gasteiger partial charge is 0.493 e. The van der Waals surface area contributed by atoms with E-state index in [-0.39, 0.29) is 24.3 Å². The van der Waals surface area contributed by atoms with Crippen LogP contribution in [0.25, 0.3) is 4.96 Å². The fourth-order valence-corrected chi connectivity index (χ4v) is 3.80. The number of hydrogen-bond donors (Lipinski definition) is 0. The summed E-state index contributed by atoms with van der Waals surface area (Å²) in [5.41, 5.74) is 1.28. The Bertz CT molecular complexity index is 1300. The number of methoxy groups -OCH3 is 1. The normalized spacial score (nSPS) is 10.8. The van der Waals surface area contributed by atoms with Crippen LogP contribution in [0.5, 0.6) is 11.5 Å². The molecule has 9 heteroatoms. The van der Waals surface area contributed by atoms with Gasteiger partial charge in [0.1, 0.15) is 13.2 Å². The summed E-state index contributed by atoms with van der Waals surface area (Å²) in [4.78, 5) is 29.4. The van der Waals surface area contributed by atoms with Gasteiger partial charge in [-0.25, -0.2) is 9.78 Å². The first-order chi connectivity index (χ1) is 15.0. The van der Waals surface area contributed by atoms with Crippen LogP contribution in [0.2, 0.25) is 5.02 Å². The van der Waals surface area contributed by atoms with Crippen LogP contribution in [0.4, 0.5) is 0 Å². The quantitative estimate of drug-likeness (QED) is 0.384. The molecule has 0 amide bonds. The van der Waals surface area contributed by atoms with Crippen LogP contribution in [0, 0.1) is 0 Å². The molecule has 4 rings (SSSR count). The predicted molar refractivity (Wildman–Crippen MR) is 117 cm³/mol. The van der Waals surface area contributed by atoms with Crippen molar-refractivity contribution in [2.24, 2.45) is 0 Å². The summed E-state index contributed by atoms with van der Waals surface area (Å²) in [7, 11) is 1.49. The van der Waals surface area contributed by atoms with Crippen LogP contribution < -0.4 is 15.0 Å². The Morgan fingerprint density at radius 3 is 2.77 bits per heavy atom. The van der Waals surface area contributed by atoms with Gasteiger partial charge in [0.05, 0.1) is 18.4 Å². The average molecular weight is 457 g/mol. The Labute approximate surface area is 186 Å². The first-order valence-electron chi connectivity index (χ1n) is 9.22. The summed E-state index contributed by atoms with van der Waals surface area (Å²) in [5, 5.41) is 2.37. The molecular weight excluding hydrogens is 440 g/mol. The molecule has 7 nitrogen and oxygen atoms in total.